The van der Waals surface area contributed by atoms with Crippen LogP contribution in [-0.2, 0) is 25.3 Å². The smallest absolute Gasteiger partial charge is 0.306 e. The highest BCUT2D eigenvalue weighted by Crippen LogP contribution is 2.47. The standard InChI is InChI=1S/C22H20O4S/c1-24-20-14-12-19(13-15-20)22(18-10-6-3-7-11-18)16-21(25-27(23)26-22)17-8-4-2-5-9-17/h2-15,21H,16H2,1H3. The Kier molecular flexibility index (Phi) is 5.07. The van der Waals surface area contributed by atoms with Gasteiger partial charge >= 0.3 is 11.4 Å². The van der Waals surface area contributed by atoms with Gasteiger partial charge in [-0.15, -0.1) is 0 Å². The minimum atomic E-state index is -1.88. The van der Waals surface area contributed by atoms with Crippen molar-refractivity contribution < 1.29 is 17.3 Å². The highest BCUT2D eigenvalue weighted by atomic mass is 32.2. The summed E-state index contributed by atoms with van der Waals surface area (Å²) >= 11 is -1.88. The molecule has 0 N–H and O–H groups in total. The molecule has 0 amide bonds. The third-order valence-corrected chi connectivity index (χ3v) is 5.66. The Morgan fingerprint density at radius 2 is 1.48 bits per heavy atom. The molecule has 0 saturated carbocycles. The summed E-state index contributed by atoms with van der Waals surface area (Å²) < 4.78 is 29.5. The second kappa shape index (κ2) is 7.64. The minimum absolute atomic E-state index is 0.344. The maximum absolute atomic E-state index is 12.6. The number of rotatable bonds is 4. The van der Waals surface area contributed by atoms with E-state index in [9.17, 15) is 4.21 Å². The Morgan fingerprint density at radius 3 is 2.11 bits per heavy atom. The van der Waals surface area contributed by atoms with Gasteiger partial charge in [-0.05, 0) is 28.8 Å². The van der Waals surface area contributed by atoms with E-state index >= 15 is 0 Å². The van der Waals surface area contributed by atoms with Crippen molar-refractivity contribution in [2.45, 2.75) is 18.1 Å². The van der Waals surface area contributed by atoms with Crippen LogP contribution >= 0.6 is 0 Å². The molecule has 138 valence electrons. The van der Waals surface area contributed by atoms with Crippen LogP contribution in [0.4, 0.5) is 0 Å². The molecule has 0 aliphatic carbocycles. The van der Waals surface area contributed by atoms with Crippen LogP contribution in [0.1, 0.15) is 29.2 Å². The monoisotopic (exact) mass is 380 g/mol. The summed E-state index contributed by atoms with van der Waals surface area (Å²) in [6, 6.07) is 27.4. The largest absolute Gasteiger partial charge is 0.497 e. The molecule has 5 heteroatoms. The molecule has 0 bridgehead atoms. The fraction of sp³-hybridized carbons (Fsp3) is 0.182. The second-order valence-electron chi connectivity index (χ2n) is 6.41. The minimum Gasteiger partial charge on any atom is -0.497 e. The molecule has 27 heavy (non-hydrogen) atoms. The summed E-state index contributed by atoms with van der Waals surface area (Å²) in [4.78, 5) is 0. The van der Waals surface area contributed by atoms with Crippen molar-refractivity contribution in [2.75, 3.05) is 7.11 Å². The van der Waals surface area contributed by atoms with E-state index < -0.39 is 17.0 Å². The molecule has 4 rings (SSSR count). The quantitative estimate of drug-likeness (QED) is 0.658. The molecule has 1 saturated heterocycles. The van der Waals surface area contributed by atoms with E-state index in [2.05, 4.69) is 0 Å². The van der Waals surface area contributed by atoms with E-state index in [0.717, 1.165) is 22.4 Å². The van der Waals surface area contributed by atoms with Gasteiger partial charge in [-0.2, -0.15) is 4.21 Å². The van der Waals surface area contributed by atoms with Gasteiger partial charge in [0.25, 0.3) is 0 Å². The molecule has 0 aromatic heterocycles. The van der Waals surface area contributed by atoms with Crippen molar-refractivity contribution >= 4 is 11.4 Å². The van der Waals surface area contributed by atoms with Crippen LogP contribution in [0.15, 0.2) is 84.9 Å². The molecule has 1 aliphatic heterocycles. The normalized spacial score (nSPS) is 25.1. The van der Waals surface area contributed by atoms with Gasteiger partial charge < -0.3 is 4.74 Å². The average Bonchev–Trinajstić information content (AvgIpc) is 2.74. The van der Waals surface area contributed by atoms with Gasteiger partial charge in [0, 0.05) is 6.42 Å². The fourth-order valence-electron chi connectivity index (χ4n) is 3.47. The zero-order valence-corrected chi connectivity index (χ0v) is 15.7. The lowest BCUT2D eigenvalue weighted by atomic mass is 9.80. The van der Waals surface area contributed by atoms with Crippen molar-refractivity contribution in [2.24, 2.45) is 0 Å². The summed E-state index contributed by atoms with van der Waals surface area (Å²) in [6.45, 7) is 0. The summed E-state index contributed by atoms with van der Waals surface area (Å²) in [6.07, 6.45) is 0.169. The molecule has 1 fully saturated rings. The molecule has 1 aliphatic rings. The van der Waals surface area contributed by atoms with Crippen LogP contribution in [-0.4, -0.2) is 11.3 Å². The number of ether oxygens (including phenoxy) is 1. The van der Waals surface area contributed by atoms with Crippen LogP contribution in [0.5, 0.6) is 5.75 Å². The summed E-state index contributed by atoms with van der Waals surface area (Å²) in [5, 5.41) is 0. The predicted molar refractivity (Wildman–Crippen MR) is 104 cm³/mol. The van der Waals surface area contributed by atoms with E-state index in [1.54, 1.807) is 7.11 Å². The summed E-state index contributed by atoms with van der Waals surface area (Å²) in [5.74, 6) is 0.759. The Bertz CT molecular complexity index is 912. The summed E-state index contributed by atoms with van der Waals surface area (Å²) in [7, 11) is 1.63. The molecule has 4 nitrogen and oxygen atoms in total. The van der Waals surface area contributed by atoms with E-state index in [1.165, 1.54) is 0 Å². The predicted octanol–water partition coefficient (Wildman–Crippen LogP) is 4.70. The van der Waals surface area contributed by atoms with Crippen LogP contribution in [0.3, 0.4) is 0 Å². The van der Waals surface area contributed by atoms with Crippen LogP contribution in [0.25, 0.3) is 0 Å². The zero-order valence-electron chi connectivity index (χ0n) is 14.9. The number of hydrogen-bond donors (Lipinski definition) is 0. The van der Waals surface area contributed by atoms with Crippen molar-refractivity contribution in [1.29, 1.82) is 0 Å². The fourth-order valence-corrected chi connectivity index (χ4v) is 4.37. The lowest BCUT2D eigenvalue weighted by Crippen LogP contribution is -2.39. The highest BCUT2D eigenvalue weighted by Gasteiger charge is 2.45. The first-order chi connectivity index (χ1) is 13.2. The Labute approximate surface area is 161 Å². The topological polar surface area (TPSA) is 44.8 Å². The van der Waals surface area contributed by atoms with Gasteiger partial charge in [-0.3, -0.25) is 8.37 Å². The Morgan fingerprint density at radius 1 is 0.889 bits per heavy atom. The van der Waals surface area contributed by atoms with Gasteiger partial charge in [-0.25, -0.2) is 0 Å². The lowest BCUT2D eigenvalue weighted by molar-refractivity contribution is 0.00153. The van der Waals surface area contributed by atoms with E-state index in [1.807, 2.05) is 84.9 Å². The SMILES string of the molecule is COc1ccc(C2(c3ccccc3)CC(c3ccccc3)OS(=O)O2)cc1. The molecular formula is C22H20O4S. The van der Waals surface area contributed by atoms with Crippen molar-refractivity contribution in [1.82, 2.24) is 0 Å². The van der Waals surface area contributed by atoms with E-state index in [4.69, 9.17) is 13.1 Å². The van der Waals surface area contributed by atoms with E-state index in [-0.39, 0.29) is 6.10 Å². The Hall–Kier alpha value is -2.47. The molecule has 3 atom stereocenters. The van der Waals surface area contributed by atoms with Crippen LogP contribution < -0.4 is 4.74 Å². The van der Waals surface area contributed by atoms with Crippen molar-refractivity contribution in [3.8, 4) is 5.75 Å². The second-order valence-corrected chi connectivity index (χ2v) is 7.18. The zero-order chi connectivity index (χ0) is 18.7. The van der Waals surface area contributed by atoms with Gasteiger partial charge in [-0.1, -0.05) is 72.8 Å². The molecule has 3 aromatic rings. The number of benzene rings is 3. The molecule has 1 heterocycles. The third kappa shape index (κ3) is 3.54. The molecule has 3 unspecified atom stereocenters. The maximum atomic E-state index is 12.6. The molecule has 3 aromatic carbocycles. The van der Waals surface area contributed by atoms with Crippen molar-refractivity contribution in [3.05, 3.63) is 102 Å². The van der Waals surface area contributed by atoms with Crippen LogP contribution in [0, 0.1) is 0 Å². The number of methoxy groups -OCH3 is 1. The first-order valence-corrected chi connectivity index (χ1v) is 9.75. The first-order valence-electron chi connectivity index (χ1n) is 8.75. The van der Waals surface area contributed by atoms with Crippen LogP contribution in [0.2, 0.25) is 0 Å². The lowest BCUT2D eigenvalue weighted by Gasteiger charge is -2.40. The van der Waals surface area contributed by atoms with Crippen molar-refractivity contribution in [3.63, 3.8) is 0 Å². The number of hydrogen-bond acceptors (Lipinski definition) is 4. The first kappa shape index (κ1) is 17.9. The van der Waals surface area contributed by atoms with Gasteiger partial charge in [0.2, 0.25) is 0 Å². The van der Waals surface area contributed by atoms with E-state index in [0.29, 0.717) is 6.42 Å². The highest BCUT2D eigenvalue weighted by molar-refractivity contribution is 7.75. The van der Waals surface area contributed by atoms with Gasteiger partial charge in [0.15, 0.2) is 0 Å². The third-order valence-electron chi connectivity index (χ3n) is 4.85. The molecule has 0 radical (unpaired) electrons. The molecule has 0 spiro atoms. The average molecular weight is 380 g/mol. The maximum Gasteiger partial charge on any atom is 0.306 e. The van der Waals surface area contributed by atoms with Gasteiger partial charge in [0.05, 0.1) is 7.11 Å². The summed E-state index contributed by atoms with van der Waals surface area (Å²) in [5.41, 5.74) is 1.94. The molecular weight excluding hydrogens is 360 g/mol. The Balaban J connectivity index is 1.83. The van der Waals surface area contributed by atoms with Gasteiger partial charge in [0.1, 0.15) is 17.5 Å².